The Bertz CT molecular complexity index is 1000. The van der Waals surface area contributed by atoms with Crippen LogP contribution in [0, 0.1) is 0 Å². The van der Waals surface area contributed by atoms with E-state index in [1.807, 2.05) is 36.4 Å². The van der Waals surface area contributed by atoms with Gasteiger partial charge in [-0.05, 0) is 41.5 Å². The fourth-order valence-electron chi connectivity index (χ4n) is 4.60. The number of nitrogens with one attached hydrogen (secondary N) is 2. The average Bonchev–Trinajstić information content (AvgIpc) is 3.11. The second-order valence-electron chi connectivity index (χ2n) is 8.49. The van der Waals surface area contributed by atoms with Gasteiger partial charge in [0.2, 0.25) is 5.91 Å². The third-order valence-electron chi connectivity index (χ3n) is 6.58. The largest absolute Gasteiger partial charge is 0.479 e. The Morgan fingerprint density at radius 2 is 1.67 bits per heavy atom. The van der Waals surface area contributed by atoms with E-state index in [2.05, 4.69) is 22.8 Å². The lowest BCUT2D eigenvalue weighted by atomic mass is 9.76. The zero-order valence-electron chi connectivity index (χ0n) is 18.5. The van der Waals surface area contributed by atoms with Crippen molar-refractivity contribution in [2.75, 3.05) is 20.3 Å². The molecule has 4 rings (SSSR count). The lowest BCUT2D eigenvalue weighted by Crippen LogP contribution is -2.63. The van der Waals surface area contributed by atoms with Crippen LogP contribution in [-0.2, 0) is 19.1 Å². The number of hydrogen-bond acceptors (Lipinski definition) is 5. The fourth-order valence-corrected chi connectivity index (χ4v) is 4.60. The van der Waals surface area contributed by atoms with Crippen molar-refractivity contribution in [3.63, 3.8) is 0 Å². The molecule has 2 aromatic rings. The third kappa shape index (κ3) is 4.57. The number of alkyl carbamates (subject to hydrolysis) is 1. The van der Waals surface area contributed by atoms with E-state index in [0.29, 0.717) is 12.8 Å². The highest BCUT2D eigenvalue weighted by Gasteiger charge is 2.46. The number of carbonyl (C=O) groups is 3. The van der Waals surface area contributed by atoms with Crippen molar-refractivity contribution >= 4 is 18.0 Å². The molecule has 2 aliphatic carbocycles. The van der Waals surface area contributed by atoms with Crippen molar-refractivity contribution < 1.29 is 29.0 Å². The molecule has 174 valence electrons. The normalized spacial score (nSPS) is 16.6. The van der Waals surface area contributed by atoms with E-state index in [1.54, 1.807) is 0 Å². The molecular formula is C25H28N2O6. The van der Waals surface area contributed by atoms with Crippen molar-refractivity contribution in [2.45, 2.75) is 43.2 Å². The summed E-state index contributed by atoms with van der Waals surface area (Å²) in [7, 11) is 1.31. The van der Waals surface area contributed by atoms with Gasteiger partial charge in [0, 0.05) is 26.0 Å². The maximum Gasteiger partial charge on any atom is 0.408 e. The van der Waals surface area contributed by atoms with Crippen LogP contribution in [0.15, 0.2) is 48.5 Å². The number of ether oxygens (including phenoxy) is 2. The Labute approximate surface area is 192 Å². The number of hydrogen-bond donors (Lipinski definition) is 3. The summed E-state index contributed by atoms with van der Waals surface area (Å²) in [6.45, 7) is 0.309. The van der Waals surface area contributed by atoms with E-state index in [4.69, 9.17) is 14.6 Å². The molecule has 0 aromatic heterocycles. The van der Waals surface area contributed by atoms with Gasteiger partial charge in [-0.1, -0.05) is 48.5 Å². The monoisotopic (exact) mass is 452 g/mol. The average molecular weight is 453 g/mol. The number of fused-ring (bicyclic) bond motifs is 3. The molecule has 2 aliphatic rings. The number of carbonyl (C=O) groups excluding carboxylic acids is 2. The highest BCUT2D eigenvalue weighted by molar-refractivity contribution is 5.91. The molecule has 8 nitrogen and oxygen atoms in total. The van der Waals surface area contributed by atoms with Gasteiger partial charge in [0.05, 0.1) is 0 Å². The van der Waals surface area contributed by atoms with Gasteiger partial charge in [0.1, 0.15) is 12.1 Å². The Kier molecular flexibility index (Phi) is 6.65. The number of rotatable bonds is 9. The zero-order valence-corrected chi connectivity index (χ0v) is 18.5. The van der Waals surface area contributed by atoms with E-state index in [-0.39, 0.29) is 31.4 Å². The lowest BCUT2D eigenvalue weighted by Gasteiger charge is -2.40. The Morgan fingerprint density at radius 1 is 1.06 bits per heavy atom. The maximum atomic E-state index is 12.7. The predicted octanol–water partition coefficient (Wildman–Crippen LogP) is 3.05. The summed E-state index contributed by atoms with van der Waals surface area (Å²) in [5.74, 6) is -1.47. The third-order valence-corrected chi connectivity index (χ3v) is 6.58. The molecule has 3 N–H and O–H groups in total. The van der Waals surface area contributed by atoms with E-state index in [9.17, 15) is 14.4 Å². The lowest BCUT2D eigenvalue weighted by molar-refractivity contribution is -0.149. The maximum absolute atomic E-state index is 12.7. The molecule has 0 aliphatic heterocycles. The molecule has 1 fully saturated rings. The molecule has 0 saturated heterocycles. The molecule has 0 bridgehead atoms. The minimum Gasteiger partial charge on any atom is -0.479 e. The van der Waals surface area contributed by atoms with Crippen LogP contribution in [-0.4, -0.2) is 55.0 Å². The van der Waals surface area contributed by atoms with Crippen LogP contribution in [0.25, 0.3) is 11.1 Å². The van der Waals surface area contributed by atoms with E-state index in [1.165, 1.54) is 7.11 Å². The van der Waals surface area contributed by atoms with Gasteiger partial charge in [-0.25, -0.2) is 9.59 Å². The minimum atomic E-state index is -1.08. The second-order valence-corrected chi connectivity index (χ2v) is 8.49. The van der Waals surface area contributed by atoms with Gasteiger partial charge in [-0.15, -0.1) is 0 Å². The van der Waals surface area contributed by atoms with E-state index < -0.39 is 23.7 Å². The standard InChI is InChI=1S/C25H28N2O6/c1-32-21(22(28)29)11-14-26-23(30)25(12-6-13-25)27-24(31)33-15-20-18-9-4-2-7-16(18)17-8-3-5-10-19(17)20/h2-5,7-10,20-21H,6,11-15H2,1H3,(H,26,30)(H,27,31)(H,28,29). The molecule has 1 atom stereocenters. The van der Waals surface area contributed by atoms with E-state index in [0.717, 1.165) is 28.7 Å². The van der Waals surface area contributed by atoms with Crippen LogP contribution in [0.5, 0.6) is 0 Å². The highest BCUT2D eigenvalue weighted by atomic mass is 16.5. The Balaban J connectivity index is 1.34. The summed E-state index contributed by atoms with van der Waals surface area (Å²) >= 11 is 0. The molecular weight excluding hydrogens is 424 g/mol. The number of carboxylic acid groups (broad SMARTS) is 1. The molecule has 2 aromatic carbocycles. The molecule has 0 heterocycles. The SMILES string of the molecule is COC(CCNC(=O)C1(NC(=O)OCC2c3ccccc3-c3ccccc32)CCC1)C(=O)O. The van der Waals surface area contributed by atoms with Crippen LogP contribution < -0.4 is 10.6 Å². The topological polar surface area (TPSA) is 114 Å². The van der Waals surface area contributed by atoms with Crippen LogP contribution >= 0.6 is 0 Å². The summed E-state index contributed by atoms with van der Waals surface area (Å²) in [5, 5.41) is 14.5. The highest BCUT2D eigenvalue weighted by Crippen LogP contribution is 2.44. The van der Waals surface area contributed by atoms with Crippen molar-refractivity contribution in [2.24, 2.45) is 0 Å². The quantitative estimate of drug-likeness (QED) is 0.539. The predicted molar refractivity (Wildman–Crippen MR) is 121 cm³/mol. The molecule has 1 unspecified atom stereocenters. The molecule has 8 heteroatoms. The first-order valence-corrected chi connectivity index (χ1v) is 11.1. The smallest absolute Gasteiger partial charge is 0.408 e. The molecule has 2 amide bonds. The summed E-state index contributed by atoms with van der Waals surface area (Å²) < 4.78 is 10.5. The first-order valence-electron chi connectivity index (χ1n) is 11.1. The first-order chi connectivity index (χ1) is 15.9. The molecule has 1 saturated carbocycles. The summed E-state index contributed by atoms with van der Waals surface area (Å²) in [6, 6.07) is 16.2. The van der Waals surface area contributed by atoms with E-state index >= 15 is 0 Å². The van der Waals surface area contributed by atoms with Crippen LogP contribution in [0.1, 0.15) is 42.7 Å². The summed E-state index contributed by atoms with van der Waals surface area (Å²) in [4.78, 5) is 36.4. The van der Waals surface area contributed by atoms with Gasteiger partial charge in [0.25, 0.3) is 0 Å². The number of amides is 2. The second kappa shape index (κ2) is 9.62. The van der Waals surface area contributed by atoms with Gasteiger partial charge in [-0.2, -0.15) is 0 Å². The Morgan fingerprint density at radius 3 is 2.18 bits per heavy atom. The zero-order chi connectivity index (χ0) is 23.4. The molecule has 33 heavy (non-hydrogen) atoms. The number of methoxy groups -OCH3 is 1. The summed E-state index contributed by atoms with van der Waals surface area (Å²) in [5.41, 5.74) is 3.51. The van der Waals surface area contributed by atoms with Crippen LogP contribution in [0.2, 0.25) is 0 Å². The summed E-state index contributed by atoms with van der Waals surface area (Å²) in [6.07, 6.45) is 0.348. The van der Waals surface area contributed by atoms with Crippen molar-refractivity contribution in [1.82, 2.24) is 10.6 Å². The molecule has 0 radical (unpaired) electrons. The molecule has 0 spiro atoms. The first kappa shape index (κ1) is 22.8. The van der Waals surface area contributed by atoms with Crippen molar-refractivity contribution in [1.29, 1.82) is 0 Å². The van der Waals surface area contributed by atoms with Gasteiger partial charge in [-0.3, -0.25) is 4.79 Å². The van der Waals surface area contributed by atoms with Crippen molar-refractivity contribution in [3.8, 4) is 11.1 Å². The Hall–Kier alpha value is -3.39. The number of benzene rings is 2. The minimum absolute atomic E-state index is 0.0590. The van der Waals surface area contributed by atoms with Gasteiger partial charge in [0.15, 0.2) is 6.10 Å². The van der Waals surface area contributed by atoms with Crippen molar-refractivity contribution in [3.05, 3.63) is 59.7 Å². The van der Waals surface area contributed by atoms with Gasteiger partial charge < -0.3 is 25.2 Å². The number of carboxylic acids is 1. The van der Waals surface area contributed by atoms with Gasteiger partial charge >= 0.3 is 12.1 Å². The number of aliphatic carboxylic acids is 1. The van der Waals surface area contributed by atoms with Crippen LogP contribution in [0.4, 0.5) is 4.79 Å². The van der Waals surface area contributed by atoms with Crippen LogP contribution in [0.3, 0.4) is 0 Å². The fraction of sp³-hybridized carbons (Fsp3) is 0.400.